The molecule has 3 aromatic rings. The molecular formula is C11H11N7O2. The van der Waals surface area contributed by atoms with Crippen molar-refractivity contribution in [1.82, 2.24) is 35.5 Å². The molecule has 3 aromatic heterocycles. The van der Waals surface area contributed by atoms with E-state index < -0.39 is 0 Å². The second-order valence-corrected chi connectivity index (χ2v) is 4.27. The van der Waals surface area contributed by atoms with Crippen molar-refractivity contribution < 1.29 is 9.32 Å². The molecule has 102 valence electrons. The number of carbonyl (C=O) groups excluding carboxylic acids is 1. The topological polar surface area (TPSA) is 111 Å². The van der Waals surface area contributed by atoms with Gasteiger partial charge in [0, 0.05) is 6.20 Å². The first-order valence-electron chi connectivity index (χ1n) is 5.92. The van der Waals surface area contributed by atoms with Gasteiger partial charge in [-0.3, -0.25) is 4.79 Å². The molecule has 0 spiro atoms. The molecule has 0 saturated heterocycles. The van der Waals surface area contributed by atoms with Crippen LogP contribution >= 0.6 is 0 Å². The average molecular weight is 273 g/mol. The van der Waals surface area contributed by atoms with Gasteiger partial charge in [-0.05, 0) is 36.4 Å². The molecule has 1 N–H and O–H groups in total. The summed E-state index contributed by atoms with van der Waals surface area (Å²) >= 11 is 0. The summed E-state index contributed by atoms with van der Waals surface area (Å²) in [5.74, 6) is 0.612. The molecule has 1 atom stereocenters. The zero-order valence-corrected chi connectivity index (χ0v) is 10.8. The second-order valence-electron chi connectivity index (χ2n) is 4.27. The number of amides is 1. The maximum Gasteiger partial charge on any atom is 0.253 e. The Kier molecular flexibility index (Phi) is 2.86. The molecule has 0 radical (unpaired) electrons. The highest BCUT2D eigenvalue weighted by molar-refractivity contribution is 5.94. The van der Waals surface area contributed by atoms with Gasteiger partial charge in [-0.15, -0.1) is 5.10 Å². The van der Waals surface area contributed by atoms with Gasteiger partial charge in [-0.1, -0.05) is 5.16 Å². The fraction of sp³-hybridized carbons (Fsp3) is 0.273. The Morgan fingerprint density at radius 3 is 3.05 bits per heavy atom. The zero-order valence-electron chi connectivity index (χ0n) is 10.8. The van der Waals surface area contributed by atoms with E-state index in [1.165, 1.54) is 4.52 Å². The molecule has 9 nitrogen and oxygen atoms in total. The standard InChI is InChI=1S/C11H11N7O2/c1-6(11-13-7(2)15-20-11)12-10(19)8-3-4-9-14-16-17-18(9)5-8/h3-6H,1-2H3,(H,12,19). The minimum Gasteiger partial charge on any atom is -0.340 e. The predicted octanol–water partition coefficient (Wildman–Crippen LogP) is 0.307. The molecule has 1 amide bonds. The van der Waals surface area contributed by atoms with Gasteiger partial charge in [0.1, 0.15) is 6.04 Å². The van der Waals surface area contributed by atoms with E-state index in [0.717, 1.165) is 0 Å². The fourth-order valence-corrected chi connectivity index (χ4v) is 1.71. The largest absolute Gasteiger partial charge is 0.340 e. The normalized spacial score (nSPS) is 12.5. The Labute approximate surface area is 113 Å². The van der Waals surface area contributed by atoms with Crippen LogP contribution in [0.25, 0.3) is 5.65 Å². The first kappa shape index (κ1) is 12.2. The molecule has 0 saturated carbocycles. The monoisotopic (exact) mass is 273 g/mol. The highest BCUT2D eigenvalue weighted by atomic mass is 16.5. The van der Waals surface area contributed by atoms with Crippen molar-refractivity contribution in [3.8, 4) is 0 Å². The first-order valence-corrected chi connectivity index (χ1v) is 5.92. The van der Waals surface area contributed by atoms with Crippen LogP contribution in [0.5, 0.6) is 0 Å². The summed E-state index contributed by atoms with van der Waals surface area (Å²) in [6.07, 6.45) is 1.55. The van der Waals surface area contributed by atoms with E-state index in [9.17, 15) is 4.79 Å². The van der Waals surface area contributed by atoms with Crippen molar-refractivity contribution in [2.45, 2.75) is 19.9 Å². The van der Waals surface area contributed by atoms with Crippen LogP contribution in [-0.4, -0.2) is 36.1 Å². The van der Waals surface area contributed by atoms with Gasteiger partial charge in [0.05, 0.1) is 5.56 Å². The van der Waals surface area contributed by atoms with Crippen LogP contribution < -0.4 is 5.32 Å². The third-order valence-corrected chi connectivity index (χ3v) is 2.72. The molecule has 0 fully saturated rings. The van der Waals surface area contributed by atoms with Crippen molar-refractivity contribution in [2.75, 3.05) is 0 Å². The maximum atomic E-state index is 12.1. The molecule has 3 heterocycles. The molecule has 0 aliphatic heterocycles. The van der Waals surface area contributed by atoms with Gasteiger partial charge >= 0.3 is 0 Å². The molecule has 9 heteroatoms. The lowest BCUT2D eigenvalue weighted by molar-refractivity contribution is 0.0932. The number of aryl methyl sites for hydroxylation is 1. The number of hydrogen-bond donors (Lipinski definition) is 1. The average Bonchev–Trinajstić information content (AvgIpc) is 3.05. The summed E-state index contributed by atoms with van der Waals surface area (Å²) in [6.45, 7) is 3.48. The smallest absolute Gasteiger partial charge is 0.253 e. The molecule has 0 aromatic carbocycles. The number of nitrogens with one attached hydrogen (secondary N) is 1. The molecular weight excluding hydrogens is 262 g/mol. The van der Waals surface area contributed by atoms with Crippen LogP contribution in [0.2, 0.25) is 0 Å². The Bertz CT molecular complexity index is 763. The molecule has 3 rings (SSSR count). The van der Waals surface area contributed by atoms with Gasteiger partial charge in [0.25, 0.3) is 5.91 Å². The van der Waals surface area contributed by atoms with E-state index in [4.69, 9.17) is 4.52 Å². The number of hydrogen-bond acceptors (Lipinski definition) is 7. The van der Waals surface area contributed by atoms with Crippen molar-refractivity contribution >= 4 is 11.6 Å². The second kappa shape index (κ2) is 4.68. The zero-order chi connectivity index (χ0) is 14.1. The van der Waals surface area contributed by atoms with Gasteiger partial charge in [-0.2, -0.15) is 9.50 Å². The third kappa shape index (κ3) is 2.20. The summed E-state index contributed by atoms with van der Waals surface area (Å²) in [7, 11) is 0. The van der Waals surface area contributed by atoms with Crippen molar-refractivity contribution in [1.29, 1.82) is 0 Å². The number of nitrogens with zero attached hydrogens (tertiary/aromatic N) is 6. The van der Waals surface area contributed by atoms with Crippen LogP contribution in [0.1, 0.15) is 35.0 Å². The van der Waals surface area contributed by atoms with Crippen molar-refractivity contribution in [2.24, 2.45) is 0 Å². The predicted molar refractivity (Wildman–Crippen MR) is 65.7 cm³/mol. The first-order chi connectivity index (χ1) is 9.63. The number of fused-ring (bicyclic) bond motifs is 1. The van der Waals surface area contributed by atoms with Crippen LogP contribution in [0.4, 0.5) is 0 Å². The minimum atomic E-state index is -0.381. The van der Waals surface area contributed by atoms with E-state index >= 15 is 0 Å². The third-order valence-electron chi connectivity index (χ3n) is 2.72. The highest BCUT2D eigenvalue weighted by Gasteiger charge is 2.17. The lowest BCUT2D eigenvalue weighted by Crippen LogP contribution is -2.27. The number of carbonyl (C=O) groups is 1. The lowest BCUT2D eigenvalue weighted by atomic mass is 10.2. The quantitative estimate of drug-likeness (QED) is 0.730. The maximum absolute atomic E-state index is 12.1. The summed E-state index contributed by atoms with van der Waals surface area (Å²) in [4.78, 5) is 16.2. The Morgan fingerprint density at radius 1 is 1.45 bits per heavy atom. The number of rotatable bonds is 3. The van der Waals surface area contributed by atoms with Crippen LogP contribution in [-0.2, 0) is 0 Å². The summed E-state index contributed by atoms with van der Waals surface area (Å²) in [6, 6.07) is 2.93. The van der Waals surface area contributed by atoms with E-state index in [-0.39, 0.29) is 11.9 Å². The Hall–Kier alpha value is -2.84. The number of aromatic nitrogens is 6. The summed E-state index contributed by atoms with van der Waals surface area (Å²) in [5.41, 5.74) is 1.01. The van der Waals surface area contributed by atoms with Crippen molar-refractivity contribution in [3.05, 3.63) is 35.6 Å². The van der Waals surface area contributed by atoms with Gasteiger partial charge in [0.2, 0.25) is 5.89 Å². The molecule has 20 heavy (non-hydrogen) atoms. The van der Waals surface area contributed by atoms with Crippen molar-refractivity contribution in [3.63, 3.8) is 0 Å². The number of pyridine rings is 1. The Balaban J connectivity index is 1.78. The Morgan fingerprint density at radius 2 is 2.30 bits per heavy atom. The van der Waals surface area contributed by atoms with E-state index in [1.807, 2.05) is 0 Å². The van der Waals surface area contributed by atoms with Crippen LogP contribution in [0.15, 0.2) is 22.9 Å². The summed E-state index contributed by atoms with van der Waals surface area (Å²) < 4.78 is 6.43. The SMILES string of the molecule is Cc1noc(C(C)NC(=O)c2ccc3nnnn3c2)n1. The van der Waals surface area contributed by atoms with Gasteiger partial charge < -0.3 is 9.84 Å². The van der Waals surface area contributed by atoms with Crippen LogP contribution in [0, 0.1) is 6.92 Å². The molecule has 1 unspecified atom stereocenters. The van der Waals surface area contributed by atoms with E-state index in [0.29, 0.717) is 22.9 Å². The van der Waals surface area contributed by atoms with Gasteiger partial charge in [0.15, 0.2) is 11.5 Å². The highest BCUT2D eigenvalue weighted by Crippen LogP contribution is 2.11. The lowest BCUT2D eigenvalue weighted by Gasteiger charge is -2.09. The van der Waals surface area contributed by atoms with E-state index in [2.05, 4.69) is 31.0 Å². The van der Waals surface area contributed by atoms with Gasteiger partial charge in [-0.25, -0.2) is 0 Å². The summed E-state index contributed by atoms with van der Waals surface area (Å²) in [5, 5.41) is 17.5. The number of tetrazole rings is 1. The van der Waals surface area contributed by atoms with E-state index in [1.54, 1.807) is 32.2 Å². The molecule has 0 aliphatic rings. The fourth-order valence-electron chi connectivity index (χ4n) is 1.71. The van der Waals surface area contributed by atoms with Crippen LogP contribution in [0.3, 0.4) is 0 Å². The molecule has 0 aliphatic carbocycles. The minimum absolute atomic E-state index is 0.272. The molecule has 0 bridgehead atoms.